The third-order valence-corrected chi connectivity index (χ3v) is 3.62. The molecule has 0 aromatic heterocycles. The van der Waals surface area contributed by atoms with E-state index < -0.39 is 23.4 Å². The van der Waals surface area contributed by atoms with Gasteiger partial charge in [0.25, 0.3) is 0 Å². The minimum Gasteiger partial charge on any atom is -0.330 e. The molecule has 7 heteroatoms. The first kappa shape index (κ1) is 15.8. The lowest BCUT2D eigenvalue weighted by Crippen LogP contribution is -2.18. The Morgan fingerprint density at radius 1 is 1.37 bits per heavy atom. The molecular weight excluding hydrogens is 277 g/mol. The summed E-state index contributed by atoms with van der Waals surface area (Å²) in [5, 5.41) is 2.40. The van der Waals surface area contributed by atoms with E-state index in [9.17, 15) is 18.0 Å². The predicted molar refractivity (Wildman–Crippen MR) is 70.5 cm³/mol. The maximum atomic E-state index is 13.3. The maximum absolute atomic E-state index is 13.3. The fraction of sp³-hybridized carbons (Fsp3) is 0.417. The van der Waals surface area contributed by atoms with E-state index in [1.54, 1.807) is 0 Å². The normalized spacial score (nSPS) is 12.3. The summed E-state index contributed by atoms with van der Waals surface area (Å²) < 4.78 is 38.9. The number of nitrogens with two attached hydrogens (primary N) is 1. The van der Waals surface area contributed by atoms with Crippen molar-refractivity contribution in [3.8, 4) is 0 Å². The molecule has 0 aliphatic rings. The number of hydrogen-bond donors (Lipinski definition) is 2. The molecule has 19 heavy (non-hydrogen) atoms. The summed E-state index contributed by atoms with van der Waals surface area (Å²) in [5.74, 6) is -4.66. The quantitative estimate of drug-likeness (QED) is 0.792. The van der Waals surface area contributed by atoms with E-state index in [1.165, 1.54) is 11.8 Å². The zero-order chi connectivity index (χ0) is 14.4. The third kappa shape index (κ3) is 4.76. The van der Waals surface area contributed by atoms with Crippen LogP contribution in [0.2, 0.25) is 0 Å². The summed E-state index contributed by atoms with van der Waals surface area (Å²) in [4.78, 5) is 11.5. The fourth-order valence-corrected chi connectivity index (χ4v) is 2.16. The van der Waals surface area contributed by atoms with E-state index >= 15 is 0 Å². The van der Waals surface area contributed by atoms with Gasteiger partial charge in [0.15, 0.2) is 17.5 Å². The van der Waals surface area contributed by atoms with Crippen molar-refractivity contribution in [3.05, 3.63) is 29.6 Å². The van der Waals surface area contributed by atoms with Crippen molar-refractivity contribution >= 4 is 23.4 Å². The lowest BCUT2D eigenvalue weighted by molar-refractivity contribution is -0.113. The number of benzene rings is 1. The lowest BCUT2D eigenvalue weighted by atomic mass is 10.3. The van der Waals surface area contributed by atoms with Gasteiger partial charge in [-0.2, -0.15) is 0 Å². The van der Waals surface area contributed by atoms with Crippen LogP contribution in [0.5, 0.6) is 0 Å². The van der Waals surface area contributed by atoms with Gasteiger partial charge < -0.3 is 11.1 Å². The second kappa shape index (κ2) is 7.40. The van der Waals surface area contributed by atoms with E-state index in [0.717, 1.165) is 18.6 Å². The Hall–Kier alpha value is -1.21. The summed E-state index contributed by atoms with van der Waals surface area (Å²) in [6, 6.07) is 1.75. The van der Waals surface area contributed by atoms with Crippen molar-refractivity contribution < 1.29 is 18.0 Å². The minimum atomic E-state index is -1.60. The molecule has 0 saturated heterocycles. The first-order valence-corrected chi connectivity index (χ1v) is 6.75. The van der Waals surface area contributed by atoms with Crippen LogP contribution in [-0.2, 0) is 4.79 Å². The van der Waals surface area contributed by atoms with E-state index in [2.05, 4.69) is 5.32 Å². The van der Waals surface area contributed by atoms with Crippen molar-refractivity contribution in [2.24, 2.45) is 5.73 Å². The van der Waals surface area contributed by atoms with E-state index in [-0.39, 0.29) is 16.7 Å². The number of hydrogen-bond acceptors (Lipinski definition) is 3. The van der Waals surface area contributed by atoms with Crippen LogP contribution >= 0.6 is 11.8 Å². The van der Waals surface area contributed by atoms with Crippen LogP contribution in [-0.4, -0.2) is 23.5 Å². The molecule has 3 nitrogen and oxygen atoms in total. The number of carbonyl (C=O) groups is 1. The average Bonchev–Trinajstić information content (AvgIpc) is 2.37. The van der Waals surface area contributed by atoms with Gasteiger partial charge in [0.1, 0.15) is 0 Å². The summed E-state index contributed by atoms with van der Waals surface area (Å²) in [7, 11) is 0. The van der Waals surface area contributed by atoms with Crippen LogP contribution in [0.4, 0.5) is 18.9 Å². The molecule has 1 rings (SSSR count). The summed E-state index contributed by atoms with van der Waals surface area (Å²) in [6.07, 6.45) is 0.761. The van der Waals surface area contributed by atoms with Gasteiger partial charge in [0.05, 0.1) is 11.4 Å². The highest BCUT2D eigenvalue weighted by Crippen LogP contribution is 2.20. The Bertz CT molecular complexity index is 457. The summed E-state index contributed by atoms with van der Waals surface area (Å²) >= 11 is 1.36. The van der Waals surface area contributed by atoms with Gasteiger partial charge in [-0.3, -0.25) is 4.79 Å². The number of anilines is 1. The van der Waals surface area contributed by atoms with Crippen molar-refractivity contribution in [2.45, 2.75) is 18.6 Å². The zero-order valence-electron chi connectivity index (χ0n) is 10.4. The van der Waals surface area contributed by atoms with Gasteiger partial charge >= 0.3 is 0 Å². The second-order valence-corrected chi connectivity index (χ2v) is 5.40. The number of thioether (sulfide) groups is 1. The molecule has 0 bridgehead atoms. The fourth-order valence-electron chi connectivity index (χ4n) is 1.34. The van der Waals surface area contributed by atoms with Crippen LogP contribution < -0.4 is 11.1 Å². The number of carbonyl (C=O) groups excluding carboxylic acids is 1. The molecule has 1 unspecified atom stereocenters. The molecule has 3 N–H and O–H groups in total. The number of rotatable bonds is 6. The largest absolute Gasteiger partial charge is 0.330 e. The Kier molecular flexibility index (Phi) is 6.17. The Balaban J connectivity index is 2.56. The van der Waals surface area contributed by atoms with Crippen LogP contribution in [0.15, 0.2) is 12.1 Å². The second-order valence-electron chi connectivity index (χ2n) is 3.97. The van der Waals surface area contributed by atoms with Crippen molar-refractivity contribution in [1.29, 1.82) is 0 Å². The predicted octanol–water partition coefficient (Wildman–Crippen LogP) is 2.51. The molecule has 106 valence electrons. The van der Waals surface area contributed by atoms with E-state index in [1.807, 2.05) is 6.92 Å². The Morgan fingerprint density at radius 2 is 2.05 bits per heavy atom. The number of halogens is 3. The molecule has 0 spiro atoms. The molecule has 1 amide bonds. The smallest absolute Gasteiger partial charge is 0.234 e. The van der Waals surface area contributed by atoms with Gasteiger partial charge in [0.2, 0.25) is 5.91 Å². The molecule has 1 aromatic rings. The van der Waals surface area contributed by atoms with Crippen molar-refractivity contribution in [2.75, 3.05) is 17.6 Å². The highest BCUT2D eigenvalue weighted by Gasteiger charge is 2.15. The molecule has 0 saturated carbocycles. The van der Waals surface area contributed by atoms with Crippen LogP contribution in [0.1, 0.15) is 13.3 Å². The molecular formula is C12H15F3N2OS. The molecule has 1 atom stereocenters. The highest BCUT2D eigenvalue weighted by atomic mass is 32.2. The Labute approximate surface area is 113 Å². The van der Waals surface area contributed by atoms with Crippen molar-refractivity contribution in [1.82, 2.24) is 0 Å². The average molecular weight is 292 g/mol. The van der Waals surface area contributed by atoms with Gasteiger partial charge in [-0.25, -0.2) is 13.2 Å². The first-order chi connectivity index (χ1) is 8.95. The number of nitrogens with one attached hydrogen (secondary N) is 1. The SMILES string of the molecule is CC(CCN)SCC(=O)Nc1ccc(F)c(F)c1F. The van der Waals surface area contributed by atoms with E-state index in [0.29, 0.717) is 6.54 Å². The van der Waals surface area contributed by atoms with Crippen LogP contribution in [0.25, 0.3) is 0 Å². The third-order valence-electron chi connectivity index (χ3n) is 2.38. The zero-order valence-corrected chi connectivity index (χ0v) is 11.2. The summed E-state index contributed by atoms with van der Waals surface area (Å²) in [5.41, 5.74) is 5.00. The van der Waals surface area contributed by atoms with Gasteiger partial charge in [-0.05, 0) is 25.1 Å². The number of amides is 1. The van der Waals surface area contributed by atoms with Crippen LogP contribution in [0.3, 0.4) is 0 Å². The Morgan fingerprint density at radius 3 is 2.68 bits per heavy atom. The maximum Gasteiger partial charge on any atom is 0.234 e. The summed E-state index contributed by atoms with van der Waals surface area (Å²) in [6.45, 7) is 2.44. The monoisotopic (exact) mass is 292 g/mol. The van der Waals surface area contributed by atoms with Crippen LogP contribution in [0, 0.1) is 17.5 Å². The van der Waals surface area contributed by atoms with Gasteiger partial charge in [-0.15, -0.1) is 11.8 Å². The standard InChI is InChI=1S/C12H15F3N2OS/c1-7(4-5-16)19-6-10(18)17-9-3-2-8(13)11(14)12(9)15/h2-3,7H,4-6,16H2,1H3,(H,17,18). The molecule has 0 radical (unpaired) electrons. The topological polar surface area (TPSA) is 55.1 Å². The highest BCUT2D eigenvalue weighted by molar-refractivity contribution is 8.00. The molecule has 0 aliphatic carbocycles. The van der Waals surface area contributed by atoms with Crippen molar-refractivity contribution in [3.63, 3.8) is 0 Å². The first-order valence-electron chi connectivity index (χ1n) is 5.70. The van der Waals surface area contributed by atoms with E-state index in [4.69, 9.17) is 5.73 Å². The molecule has 1 aromatic carbocycles. The molecule has 0 aliphatic heterocycles. The lowest BCUT2D eigenvalue weighted by Gasteiger charge is -2.10. The minimum absolute atomic E-state index is 0.0968. The molecule has 0 heterocycles. The van der Waals surface area contributed by atoms with Gasteiger partial charge in [-0.1, -0.05) is 6.92 Å². The molecule has 0 fully saturated rings. The van der Waals surface area contributed by atoms with Gasteiger partial charge in [0, 0.05) is 5.25 Å².